The highest BCUT2D eigenvalue weighted by molar-refractivity contribution is 5.79. The fraction of sp³-hybridized carbons (Fsp3) is 0.300. The molecule has 0 unspecified atom stereocenters. The Kier molecular flexibility index (Phi) is 1.61. The first-order valence-electron chi connectivity index (χ1n) is 4.21. The van der Waals surface area contributed by atoms with Crippen molar-refractivity contribution in [2.45, 2.75) is 19.8 Å². The van der Waals surface area contributed by atoms with E-state index in [-0.39, 0.29) is 0 Å². The van der Waals surface area contributed by atoms with Crippen molar-refractivity contribution in [3.63, 3.8) is 0 Å². The maximum Gasteiger partial charge on any atom is 0.137 e. The molecule has 0 amide bonds. The summed E-state index contributed by atoms with van der Waals surface area (Å²) < 4.78 is 0. The van der Waals surface area contributed by atoms with Gasteiger partial charge in [-0.25, -0.2) is 4.98 Å². The smallest absolute Gasteiger partial charge is 0.137 e. The van der Waals surface area contributed by atoms with Crippen LogP contribution in [0.25, 0.3) is 11.0 Å². The van der Waals surface area contributed by atoms with Gasteiger partial charge in [0.1, 0.15) is 5.65 Å². The standard InChI is InChI=1S/C10H12N2/c1-7(2)8-3-5-11-10-9(8)4-6-12-10/h3-7H,1-2H3,(H,11,12). The van der Waals surface area contributed by atoms with E-state index in [1.165, 1.54) is 10.9 Å². The van der Waals surface area contributed by atoms with Gasteiger partial charge in [0.25, 0.3) is 0 Å². The molecule has 0 aromatic carbocycles. The Labute approximate surface area is 71.6 Å². The molecule has 2 heteroatoms. The molecule has 62 valence electrons. The monoisotopic (exact) mass is 160 g/mol. The van der Waals surface area contributed by atoms with E-state index in [2.05, 4.69) is 35.9 Å². The number of rotatable bonds is 1. The molecule has 0 saturated carbocycles. The van der Waals surface area contributed by atoms with E-state index >= 15 is 0 Å². The van der Waals surface area contributed by atoms with Crippen LogP contribution in [0.2, 0.25) is 0 Å². The van der Waals surface area contributed by atoms with Crippen LogP contribution in [-0.2, 0) is 0 Å². The van der Waals surface area contributed by atoms with Gasteiger partial charge in [-0.3, -0.25) is 0 Å². The van der Waals surface area contributed by atoms with Crippen LogP contribution in [0.5, 0.6) is 0 Å². The molecule has 0 atom stereocenters. The summed E-state index contributed by atoms with van der Waals surface area (Å²) in [5.41, 5.74) is 2.35. The summed E-state index contributed by atoms with van der Waals surface area (Å²) in [4.78, 5) is 7.33. The molecule has 12 heavy (non-hydrogen) atoms. The van der Waals surface area contributed by atoms with Crippen molar-refractivity contribution < 1.29 is 0 Å². The number of hydrogen-bond donors (Lipinski definition) is 1. The van der Waals surface area contributed by atoms with E-state index in [1.807, 2.05) is 12.4 Å². The topological polar surface area (TPSA) is 28.7 Å². The third-order valence-corrected chi connectivity index (χ3v) is 2.12. The highest BCUT2D eigenvalue weighted by Gasteiger charge is 2.04. The molecule has 2 heterocycles. The van der Waals surface area contributed by atoms with Crippen molar-refractivity contribution in [3.8, 4) is 0 Å². The predicted molar refractivity (Wildman–Crippen MR) is 50.2 cm³/mol. The number of pyridine rings is 1. The normalized spacial score (nSPS) is 11.2. The molecular formula is C10H12N2. The molecule has 1 N–H and O–H groups in total. The van der Waals surface area contributed by atoms with E-state index < -0.39 is 0 Å². The van der Waals surface area contributed by atoms with E-state index in [0.717, 1.165) is 5.65 Å². The van der Waals surface area contributed by atoms with Crippen LogP contribution in [0, 0.1) is 0 Å². The summed E-state index contributed by atoms with van der Waals surface area (Å²) in [6.45, 7) is 4.39. The van der Waals surface area contributed by atoms with Crippen LogP contribution in [0.15, 0.2) is 24.5 Å². The van der Waals surface area contributed by atoms with Gasteiger partial charge in [0, 0.05) is 17.8 Å². The highest BCUT2D eigenvalue weighted by atomic mass is 14.8. The maximum atomic E-state index is 4.23. The van der Waals surface area contributed by atoms with Crippen molar-refractivity contribution in [2.24, 2.45) is 0 Å². The lowest BCUT2D eigenvalue weighted by Crippen LogP contribution is -1.88. The van der Waals surface area contributed by atoms with Crippen LogP contribution >= 0.6 is 0 Å². The number of fused-ring (bicyclic) bond motifs is 1. The molecule has 0 aliphatic rings. The van der Waals surface area contributed by atoms with E-state index in [0.29, 0.717) is 5.92 Å². The zero-order chi connectivity index (χ0) is 8.55. The second kappa shape index (κ2) is 2.63. The zero-order valence-corrected chi connectivity index (χ0v) is 7.33. The molecule has 0 aliphatic carbocycles. The first-order chi connectivity index (χ1) is 5.79. The summed E-state index contributed by atoms with van der Waals surface area (Å²) in [5, 5.41) is 1.24. The number of nitrogens with zero attached hydrogens (tertiary/aromatic N) is 1. The molecule has 0 fully saturated rings. The third-order valence-electron chi connectivity index (χ3n) is 2.12. The molecule has 2 aromatic heterocycles. The second-order valence-corrected chi connectivity index (χ2v) is 3.29. The van der Waals surface area contributed by atoms with Crippen molar-refractivity contribution in [2.75, 3.05) is 0 Å². The van der Waals surface area contributed by atoms with Gasteiger partial charge < -0.3 is 4.98 Å². The largest absolute Gasteiger partial charge is 0.346 e. The molecule has 0 spiro atoms. The SMILES string of the molecule is CC(C)c1ccnc2[nH]ccc12. The van der Waals surface area contributed by atoms with E-state index in [4.69, 9.17) is 0 Å². The lowest BCUT2D eigenvalue weighted by atomic mass is 10.0. The first-order valence-corrected chi connectivity index (χ1v) is 4.21. The van der Waals surface area contributed by atoms with Crippen LogP contribution in [-0.4, -0.2) is 9.97 Å². The average Bonchev–Trinajstić information content (AvgIpc) is 2.49. The number of nitrogens with one attached hydrogen (secondary N) is 1. The molecule has 2 aromatic rings. The lowest BCUT2D eigenvalue weighted by Gasteiger charge is -2.05. The number of aromatic amines is 1. The van der Waals surface area contributed by atoms with Crippen molar-refractivity contribution >= 4 is 11.0 Å². The van der Waals surface area contributed by atoms with Crippen molar-refractivity contribution in [3.05, 3.63) is 30.1 Å². The van der Waals surface area contributed by atoms with Crippen LogP contribution in [0.4, 0.5) is 0 Å². The average molecular weight is 160 g/mol. The minimum atomic E-state index is 0.561. The molecule has 0 aliphatic heterocycles. The van der Waals surface area contributed by atoms with Crippen LogP contribution < -0.4 is 0 Å². The summed E-state index contributed by atoms with van der Waals surface area (Å²) >= 11 is 0. The second-order valence-electron chi connectivity index (χ2n) is 3.29. The van der Waals surface area contributed by atoms with Gasteiger partial charge >= 0.3 is 0 Å². The highest BCUT2D eigenvalue weighted by Crippen LogP contribution is 2.22. The van der Waals surface area contributed by atoms with E-state index in [1.54, 1.807) is 0 Å². The molecular weight excluding hydrogens is 148 g/mol. The van der Waals surface area contributed by atoms with Gasteiger partial charge in [0.05, 0.1) is 0 Å². The van der Waals surface area contributed by atoms with Gasteiger partial charge in [-0.15, -0.1) is 0 Å². The molecule has 2 rings (SSSR count). The van der Waals surface area contributed by atoms with Crippen molar-refractivity contribution in [1.29, 1.82) is 0 Å². The molecule has 0 radical (unpaired) electrons. The Morgan fingerprint density at radius 2 is 2.17 bits per heavy atom. The Morgan fingerprint density at radius 3 is 2.92 bits per heavy atom. The lowest BCUT2D eigenvalue weighted by molar-refractivity contribution is 0.874. The maximum absolute atomic E-state index is 4.23. The number of H-pyrrole nitrogens is 1. The van der Waals surface area contributed by atoms with Gasteiger partial charge in [-0.2, -0.15) is 0 Å². The van der Waals surface area contributed by atoms with Gasteiger partial charge in [-0.1, -0.05) is 13.8 Å². The minimum Gasteiger partial charge on any atom is -0.346 e. The summed E-state index contributed by atoms with van der Waals surface area (Å²) in [7, 11) is 0. The molecule has 2 nitrogen and oxygen atoms in total. The summed E-state index contributed by atoms with van der Waals surface area (Å²) in [5.74, 6) is 0.561. The molecule has 0 bridgehead atoms. The minimum absolute atomic E-state index is 0.561. The summed E-state index contributed by atoms with van der Waals surface area (Å²) in [6, 6.07) is 4.17. The zero-order valence-electron chi connectivity index (χ0n) is 7.33. The Balaban J connectivity index is 2.73. The number of hydrogen-bond acceptors (Lipinski definition) is 1. The third kappa shape index (κ3) is 0.998. The number of aromatic nitrogens is 2. The Bertz CT molecular complexity index is 387. The van der Waals surface area contributed by atoms with E-state index in [9.17, 15) is 0 Å². The van der Waals surface area contributed by atoms with Crippen molar-refractivity contribution in [1.82, 2.24) is 9.97 Å². The summed E-state index contributed by atoms with van der Waals surface area (Å²) in [6.07, 6.45) is 3.79. The Hall–Kier alpha value is -1.31. The quantitative estimate of drug-likeness (QED) is 0.682. The van der Waals surface area contributed by atoms with Gasteiger partial charge in [0.15, 0.2) is 0 Å². The first kappa shape index (κ1) is 7.35. The fourth-order valence-electron chi connectivity index (χ4n) is 1.49. The predicted octanol–water partition coefficient (Wildman–Crippen LogP) is 2.69. The Morgan fingerprint density at radius 1 is 1.33 bits per heavy atom. The van der Waals surface area contributed by atoms with Gasteiger partial charge in [0.2, 0.25) is 0 Å². The molecule has 0 saturated heterocycles. The van der Waals surface area contributed by atoms with Crippen LogP contribution in [0.1, 0.15) is 25.3 Å². The van der Waals surface area contributed by atoms with Crippen LogP contribution in [0.3, 0.4) is 0 Å². The van der Waals surface area contributed by atoms with Gasteiger partial charge in [-0.05, 0) is 23.6 Å². The fourth-order valence-corrected chi connectivity index (χ4v) is 1.49.